The molecule has 5 heteroatoms. The molecule has 3 aromatic carbocycles. The SMILES string of the molecule is [CH2-]c1cccc2c1-c1n(c(-c3c(C)cccc3C)c[n+]1[CH2-])B(c1c(C(C)C)cccc1C(C)C)N2C.[Ir]. The average Bonchev–Trinajstić information content (AvgIpc) is 3.15. The summed E-state index contributed by atoms with van der Waals surface area (Å²) in [5, 5.41) is 0. The molecule has 0 bridgehead atoms. The van der Waals surface area contributed by atoms with Crippen LogP contribution in [0, 0.1) is 27.8 Å². The third-order valence-corrected chi connectivity index (χ3v) is 7.79. The van der Waals surface area contributed by atoms with Gasteiger partial charge in [0.2, 0.25) is 0 Å². The molecule has 2 heterocycles. The third-order valence-electron chi connectivity index (χ3n) is 7.79. The minimum atomic E-state index is -0.0118. The van der Waals surface area contributed by atoms with Gasteiger partial charge in [0.1, 0.15) is 5.82 Å². The van der Waals surface area contributed by atoms with Gasteiger partial charge in [0.05, 0.1) is 5.69 Å². The summed E-state index contributed by atoms with van der Waals surface area (Å²) in [5.41, 5.74) is 12.6. The van der Waals surface area contributed by atoms with Crippen molar-refractivity contribution in [3.8, 4) is 22.6 Å². The van der Waals surface area contributed by atoms with Gasteiger partial charge in [-0.25, -0.2) is 0 Å². The summed E-state index contributed by atoms with van der Waals surface area (Å²) in [6, 6.07) is 19.8. The van der Waals surface area contributed by atoms with Crippen molar-refractivity contribution in [1.82, 2.24) is 4.48 Å². The van der Waals surface area contributed by atoms with Crippen LogP contribution in [0.25, 0.3) is 22.6 Å². The van der Waals surface area contributed by atoms with Gasteiger partial charge in [0.15, 0.2) is 0 Å². The molecule has 0 saturated heterocycles. The summed E-state index contributed by atoms with van der Waals surface area (Å²) in [5.74, 6) is 1.91. The van der Waals surface area contributed by atoms with E-state index in [0.29, 0.717) is 11.8 Å². The Balaban J connectivity index is 0.00000320. The van der Waals surface area contributed by atoms with Gasteiger partial charge in [-0.2, -0.15) is 18.6 Å². The summed E-state index contributed by atoms with van der Waals surface area (Å²) < 4.78 is 4.58. The van der Waals surface area contributed by atoms with Crippen LogP contribution in [-0.4, -0.2) is 18.5 Å². The van der Waals surface area contributed by atoms with E-state index in [1.807, 2.05) is 0 Å². The predicted molar refractivity (Wildman–Crippen MR) is 154 cm³/mol. The van der Waals surface area contributed by atoms with Gasteiger partial charge in [-0.15, -0.1) is 6.07 Å². The Morgan fingerprint density at radius 2 is 1.35 bits per heavy atom. The second-order valence-electron chi connectivity index (χ2n) is 10.9. The molecule has 193 valence electrons. The number of aryl methyl sites for hydroxylation is 2. The van der Waals surface area contributed by atoms with E-state index in [-0.39, 0.29) is 27.1 Å². The standard InChI is InChI=1S/C32H37BN3.Ir/c1-20(2)25-16-12-17-26(21(3)4)31(25)33-35(9)27-18-11-15-24(7)30(27)32-34(8)19-28(36(32)33)29-22(5)13-10-14-23(29)6;/h10-21H,7-8H2,1-6,9H3;/q-1;. The van der Waals surface area contributed by atoms with Crippen molar-refractivity contribution < 1.29 is 24.7 Å². The molecule has 1 aromatic heterocycles. The summed E-state index contributed by atoms with van der Waals surface area (Å²) in [7, 11) is 6.73. The molecule has 0 saturated carbocycles. The summed E-state index contributed by atoms with van der Waals surface area (Å²) in [6.45, 7) is 18.1. The van der Waals surface area contributed by atoms with Gasteiger partial charge in [0.25, 0.3) is 0 Å². The quantitative estimate of drug-likeness (QED) is 0.138. The van der Waals surface area contributed by atoms with E-state index in [2.05, 4.69) is 137 Å². The first kappa shape index (κ1) is 27.2. The van der Waals surface area contributed by atoms with E-state index in [0.717, 1.165) is 17.0 Å². The third kappa shape index (κ3) is 4.23. The van der Waals surface area contributed by atoms with Gasteiger partial charge in [-0.3, -0.25) is 0 Å². The van der Waals surface area contributed by atoms with Crippen LogP contribution in [-0.2, 0) is 20.1 Å². The number of rotatable bonds is 4. The van der Waals surface area contributed by atoms with E-state index in [1.165, 1.54) is 44.7 Å². The molecular weight excluding hydrogens is 629 g/mol. The number of benzene rings is 3. The van der Waals surface area contributed by atoms with E-state index in [4.69, 9.17) is 0 Å². The summed E-state index contributed by atoms with van der Waals surface area (Å²) >= 11 is 0. The zero-order chi connectivity index (χ0) is 25.9. The van der Waals surface area contributed by atoms with Gasteiger partial charge < -0.3 is 13.9 Å². The fraction of sp³-hybridized carbons (Fsp3) is 0.281. The number of imidazole rings is 1. The van der Waals surface area contributed by atoms with Crippen LogP contribution in [0.5, 0.6) is 0 Å². The van der Waals surface area contributed by atoms with Crippen LogP contribution in [0.15, 0.2) is 60.8 Å². The molecule has 0 unspecified atom stereocenters. The number of hydrogen-bond donors (Lipinski definition) is 0. The Morgan fingerprint density at radius 1 is 0.811 bits per heavy atom. The largest absolute Gasteiger partial charge is 0.523 e. The summed E-state index contributed by atoms with van der Waals surface area (Å²) in [6.07, 6.45) is 2.21. The van der Waals surface area contributed by atoms with Crippen LogP contribution in [0.4, 0.5) is 5.69 Å². The van der Waals surface area contributed by atoms with E-state index < -0.39 is 0 Å². The molecule has 0 aliphatic carbocycles. The fourth-order valence-corrected chi connectivity index (χ4v) is 6.11. The van der Waals surface area contributed by atoms with Crippen LogP contribution in [0.3, 0.4) is 0 Å². The Labute approximate surface area is 237 Å². The first-order valence-corrected chi connectivity index (χ1v) is 13.0. The van der Waals surface area contributed by atoms with Crippen molar-refractivity contribution in [3.05, 3.63) is 103 Å². The number of aromatic nitrogens is 2. The average molecular weight is 667 g/mol. The molecule has 3 nitrogen and oxygen atoms in total. The van der Waals surface area contributed by atoms with Gasteiger partial charge >= 0.3 is 6.98 Å². The molecule has 37 heavy (non-hydrogen) atoms. The maximum absolute atomic E-state index is 4.50. The molecule has 5 rings (SSSR count). The first-order chi connectivity index (χ1) is 17.1. The van der Waals surface area contributed by atoms with Gasteiger partial charge in [-0.05, 0) is 67.7 Å². The Kier molecular flexibility index (Phi) is 7.43. The Bertz CT molecular complexity index is 1420. The van der Waals surface area contributed by atoms with Crippen molar-refractivity contribution in [2.45, 2.75) is 53.4 Å². The van der Waals surface area contributed by atoms with Crippen molar-refractivity contribution >= 4 is 18.1 Å². The molecule has 4 aromatic rings. The van der Waals surface area contributed by atoms with Crippen LogP contribution in [0.1, 0.15) is 67.3 Å². The molecular formula is C32H37BIrN3-. The number of fused-ring (bicyclic) bond motifs is 3. The predicted octanol–water partition coefficient (Wildman–Crippen LogP) is 6.49. The number of hydrogen-bond acceptors (Lipinski definition) is 1. The molecule has 0 N–H and O–H groups in total. The fourth-order valence-electron chi connectivity index (χ4n) is 6.11. The minimum absolute atomic E-state index is 0. The second kappa shape index (κ2) is 10.1. The molecule has 0 atom stereocenters. The zero-order valence-corrected chi connectivity index (χ0v) is 25.5. The monoisotopic (exact) mass is 667 g/mol. The van der Waals surface area contributed by atoms with E-state index >= 15 is 0 Å². The smallest absolute Gasteiger partial charge is 0.384 e. The molecule has 0 spiro atoms. The summed E-state index contributed by atoms with van der Waals surface area (Å²) in [4.78, 5) is 2.45. The van der Waals surface area contributed by atoms with Crippen LogP contribution >= 0.6 is 0 Å². The topological polar surface area (TPSA) is 12.0 Å². The Morgan fingerprint density at radius 3 is 1.92 bits per heavy atom. The number of nitrogens with zero attached hydrogens (tertiary/aromatic N) is 3. The van der Waals surface area contributed by atoms with Crippen molar-refractivity contribution in [1.29, 1.82) is 0 Å². The van der Waals surface area contributed by atoms with Crippen molar-refractivity contribution in [3.63, 3.8) is 0 Å². The minimum Gasteiger partial charge on any atom is -0.384 e. The van der Waals surface area contributed by atoms with E-state index in [1.54, 1.807) is 0 Å². The second-order valence-corrected chi connectivity index (χ2v) is 10.9. The number of anilines is 1. The van der Waals surface area contributed by atoms with Gasteiger partial charge in [-0.1, -0.05) is 75.7 Å². The molecule has 0 amide bonds. The molecule has 1 radical (unpaired) electrons. The van der Waals surface area contributed by atoms with Crippen molar-refractivity contribution in [2.24, 2.45) is 0 Å². The van der Waals surface area contributed by atoms with Crippen molar-refractivity contribution in [2.75, 3.05) is 11.9 Å². The maximum atomic E-state index is 4.50. The Hall–Kier alpha value is -2.88. The van der Waals surface area contributed by atoms with E-state index in [9.17, 15) is 0 Å². The first-order valence-electron chi connectivity index (χ1n) is 13.0. The van der Waals surface area contributed by atoms with Gasteiger partial charge in [0, 0.05) is 37.3 Å². The maximum Gasteiger partial charge on any atom is 0.523 e. The van der Waals surface area contributed by atoms with Crippen LogP contribution in [0.2, 0.25) is 0 Å². The zero-order valence-electron chi connectivity index (χ0n) is 23.1. The normalized spacial score (nSPS) is 12.6. The molecule has 1 aliphatic heterocycles. The molecule has 0 fully saturated rings. The van der Waals surface area contributed by atoms with Crippen LogP contribution < -0.4 is 14.8 Å². The molecule has 1 aliphatic rings.